The second-order valence-electron chi connectivity index (χ2n) is 8.66. The minimum absolute atomic E-state index is 0.433. The lowest BCUT2D eigenvalue weighted by atomic mass is 9.96. The number of aliphatic hydroxyl groups is 1. The zero-order valence-electron chi connectivity index (χ0n) is 18.5. The van der Waals surface area contributed by atoms with Gasteiger partial charge in [0.15, 0.2) is 0 Å². The molecule has 0 atom stereocenters. The molecule has 3 rings (SSSR count). The molecule has 5 nitrogen and oxygen atoms in total. The smallest absolute Gasteiger partial charge is 0.122 e. The van der Waals surface area contributed by atoms with Gasteiger partial charge in [0, 0.05) is 0 Å². The van der Waals surface area contributed by atoms with Crippen LogP contribution < -0.4 is 9.47 Å². The fraction of sp³-hybridized carbons (Fsp3) is 0.308. The molecule has 3 aromatic carbocycles. The minimum Gasteiger partial charge on any atom is -0.489 e. The van der Waals surface area contributed by atoms with Crippen molar-refractivity contribution in [3.05, 3.63) is 100.0 Å². The predicted octanol–water partition coefficient (Wildman–Crippen LogP) is 6.07. The second kappa shape index (κ2) is 9.31. The van der Waals surface area contributed by atoms with Gasteiger partial charge in [0.1, 0.15) is 30.3 Å². The van der Waals surface area contributed by atoms with E-state index in [0.29, 0.717) is 13.2 Å². The fourth-order valence-electron chi connectivity index (χ4n) is 3.11. The van der Waals surface area contributed by atoms with E-state index in [4.69, 9.17) is 9.47 Å². The molecule has 162 valence electrons. The standard InChI is InChI=1S/C26H29NO4/c1-25(2,27-29)21-8-12-23(13-9-21)30-17-19-6-5-7-20(16-19)18-31-24-14-10-22(11-15-24)26(3,4)28/h5-16,28H,17-18H2,1-4H3. The van der Waals surface area contributed by atoms with Crippen LogP contribution in [0.4, 0.5) is 0 Å². The van der Waals surface area contributed by atoms with Crippen molar-refractivity contribution in [3.63, 3.8) is 0 Å². The number of rotatable bonds is 9. The molecule has 1 N–H and O–H groups in total. The van der Waals surface area contributed by atoms with E-state index in [-0.39, 0.29) is 0 Å². The van der Waals surface area contributed by atoms with Gasteiger partial charge < -0.3 is 14.6 Å². The maximum atomic E-state index is 11.0. The first-order valence-corrected chi connectivity index (χ1v) is 10.3. The summed E-state index contributed by atoms with van der Waals surface area (Å²) in [5.74, 6) is 1.49. The van der Waals surface area contributed by atoms with Crippen molar-refractivity contribution >= 4 is 0 Å². The average Bonchev–Trinajstić information content (AvgIpc) is 2.76. The Bertz CT molecular complexity index is 1000. The van der Waals surface area contributed by atoms with Crippen LogP contribution in [-0.4, -0.2) is 5.11 Å². The molecular weight excluding hydrogens is 390 g/mol. The van der Waals surface area contributed by atoms with Crippen LogP contribution in [0.5, 0.6) is 11.5 Å². The Balaban J connectivity index is 1.56. The van der Waals surface area contributed by atoms with E-state index in [1.165, 1.54) is 0 Å². The molecule has 0 aromatic heterocycles. The van der Waals surface area contributed by atoms with Crippen molar-refractivity contribution in [1.29, 1.82) is 0 Å². The molecule has 3 aromatic rings. The van der Waals surface area contributed by atoms with E-state index in [2.05, 4.69) is 11.2 Å². The van der Waals surface area contributed by atoms with Crippen LogP contribution in [0, 0.1) is 4.91 Å². The van der Waals surface area contributed by atoms with Crippen LogP contribution in [0.2, 0.25) is 0 Å². The quantitative estimate of drug-likeness (QED) is 0.427. The van der Waals surface area contributed by atoms with E-state index in [1.54, 1.807) is 27.7 Å². The number of nitrogens with zero attached hydrogens (tertiary/aromatic N) is 1. The molecule has 0 bridgehead atoms. The summed E-state index contributed by atoms with van der Waals surface area (Å²) in [5.41, 5.74) is 2.16. The highest BCUT2D eigenvalue weighted by atomic mass is 16.5. The van der Waals surface area contributed by atoms with Gasteiger partial charge in [-0.25, -0.2) is 0 Å². The third-order valence-corrected chi connectivity index (χ3v) is 5.15. The summed E-state index contributed by atoms with van der Waals surface area (Å²) in [6.07, 6.45) is 0. The third-order valence-electron chi connectivity index (χ3n) is 5.15. The summed E-state index contributed by atoms with van der Waals surface area (Å²) in [4.78, 5) is 11.0. The van der Waals surface area contributed by atoms with Gasteiger partial charge >= 0.3 is 0 Å². The molecule has 5 heteroatoms. The van der Waals surface area contributed by atoms with Gasteiger partial charge in [0.05, 0.1) is 5.60 Å². The summed E-state index contributed by atoms with van der Waals surface area (Å²) < 4.78 is 11.8. The molecule has 0 heterocycles. The lowest BCUT2D eigenvalue weighted by Gasteiger charge is -2.18. The number of nitroso groups, excluding NO2 is 1. The lowest BCUT2D eigenvalue weighted by molar-refractivity contribution is 0.0785. The molecule has 0 spiro atoms. The molecule has 0 saturated carbocycles. The van der Waals surface area contributed by atoms with Gasteiger partial charge in [-0.15, -0.1) is 4.91 Å². The number of hydrogen-bond donors (Lipinski definition) is 1. The highest BCUT2D eigenvalue weighted by Gasteiger charge is 2.20. The molecule has 31 heavy (non-hydrogen) atoms. The first-order valence-electron chi connectivity index (χ1n) is 10.3. The van der Waals surface area contributed by atoms with Crippen molar-refractivity contribution in [2.45, 2.75) is 52.0 Å². The van der Waals surface area contributed by atoms with E-state index < -0.39 is 11.1 Å². The second-order valence-corrected chi connectivity index (χ2v) is 8.66. The Morgan fingerprint density at radius 3 is 1.61 bits per heavy atom. The molecule has 0 aliphatic heterocycles. The summed E-state index contributed by atoms with van der Waals surface area (Å²) in [7, 11) is 0. The van der Waals surface area contributed by atoms with Crippen LogP contribution in [0.25, 0.3) is 0 Å². The van der Waals surface area contributed by atoms with Crippen molar-refractivity contribution < 1.29 is 14.6 Å². The van der Waals surface area contributed by atoms with Gasteiger partial charge in [-0.1, -0.05) is 47.6 Å². The fourth-order valence-corrected chi connectivity index (χ4v) is 3.11. The Morgan fingerprint density at radius 2 is 1.19 bits per heavy atom. The molecule has 0 fully saturated rings. The van der Waals surface area contributed by atoms with Crippen molar-refractivity contribution in [1.82, 2.24) is 0 Å². The summed E-state index contributed by atoms with van der Waals surface area (Å²) in [5, 5.41) is 13.2. The van der Waals surface area contributed by atoms with Gasteiger partial charge in [-0.2, -0.15) is 0 Å². The van der Waals surface area contributed by atoms with Gasteiger partial charge in [0.25, 0.3) is 0 Å². The lowest BCUT2D eigenvalue weighted by Crippen LogP contribution is -2.14. The predicted molar refractivity (Wildman–Crippen MR) is 122 cm³/mol. The molecule has 0 radical (unpaired) electrons. The van der Waals surface area contributed by atoms with Crippen molar-refractivity contribution in [2.24, 2.45) is 5.18 Å². The Morgan fingerprint density at radius 1 is 0.742 bits per heavy atom. The maximum absolute atomic E-state index is 11.0. The summed E-state index contributed by atoms with van der Waals surface area (Å²) >= 11 is 0. The highest BCUT2D eigenvalue weighted by Crippen LogP contribution is 2.26. The van der Waals surface area contributed by atoms with Crippen LogP contribution in [0.3, 0.4) is 0 Å². The zero-order chi connectivity index (χ0) is 22.5. The van der Waals surface area contributed by atoms with Gasteiger partial charge in [-0.05, 0) is 80.3 Å². The molecular formula is C26H29NO4. The van der Waals surface area contributed by atoms with E-state index >= 15 is 0 Å². The SMILES string of the molecule is CC(C)(O)c1ccc(OCc2cccc(COc3ccc(C(C)(C)N=O)cc3)c2)cc1. The maximum Gasteiger partial charge on any atom is 0.122 e. The van der Waals surface area contributed by atoms with Crippen LogP contribution in [0.15, 0.2) is 78.0 Å². The molecule has 0 amide bonds. The molecule has 0 aliphatic carbocycles. The normalized spacial score (nSPS) is 11.8. The first-order chi connectivity index (χ1) is 14.7. The molecule has 0 unspecified atom stereocenters. The van der Waals surface area contributed by atoms with Gasteiger partial charge in [0.2, 0.25) is 0 Å². The average molecular weight is 420 g/mol. The number of ether oxygens (including phenoxy) is 2. The third kappa shape index (κ3) is 6.15. The number of benzene rings is 3. The van der Waals surface area contributed by atoms with Crippen molar-refractivity contribution in [2.75, 3.05) is 0 Å². The van der Waals surface area contributed by atoms with Crippen LogP contribution in [-0.2, 0) is 24.4 Å². The van der Waals surface area contributed by atoms with Crippen molar-refractivity contribution in [3.8, 4) is 11.5 Å². The zero-order valence-corrected chi connectivity index (χ0v) is 18.5. The summed E-state index contributed by atoms with van der Waals surface area (Å²) in [6.45, 7) is 7.96. The van der Waals surface area contributed by atoms with Gasteiger partial charge in [-0.3, -0.25) is 0 Å². The van der Waals surface area contributed by atoms with E-state index in [0.717, 1.165) is 33.8 Å². The minimum atomic E-state index is -0.866. The topological polar surface area (TPSA) is 68.1 Å². The Labute approximate surface area is 183 Å². The highest BCUT2D eigenvalue weighted by molar-refractivity contribution is 5.33. The summed E-state index contributed by atoms with van der Waals surface area (Å²) in [6, 6.07) is 23.0. The monoisotopic (exact) mass is 419 g/mol. The van der Waals surface area contributed by atoms with Crippen LogP contribution in [0.1, 0.15) is 49.9 Å². The molecule has 0 aliphatic rings. The van der Waals surface area contributed by atoms with Crippen LogP contribution >= 0.6 is 0 Å². The Kier molecular flexibility index (Phi) is 6.76. The molecule has 0 saturated heterocycles. The number of hydrogen-bond acceptors (Lipinski definition) is 5. The largest absolute Gasteiger partial charge is 0.489 e. The van der Waals surface area contributed by atoms with E-state index in [1.807, 2.05) is 66.7 Å². The first kappa shape index (κ1) is 22.5. The van der Waals surface area contributed by atoms with E-state index in [9.17, 15) is 10.0 Å². The Hall–Kier alpha value is -3.18.